The smallest absolute Gasteiger partial charge is 0.228 e. The molecule has 1 atom stereocenters. The van der Waals surface area contributed by atoms with Crippen molar-refractivity contribution in [1.29, 1.82) is 0 Å². The van der Waals surface area contributed by atoms with Crippen LogP contribution in [0.2, 0.25) is 0 Å². The molecular weight excluding hydrogens is 448 g/mol. The number of ketones is 2. The molecule has 0 bridgehead atoms. The fourth-order valence-corrected chi connectivity index (χ4v) is 3.40. The first-order valence-corrected chi connectivity index (χ1v) is 11.1. The van der Waals surface area contributed by atoms with Crippen LogP contribution in [-0.4, -0.2) is 41.3 Å². The summed E-state index contributed by atoms with van der Waals surface area (Å²) in [5.41, 5.74) is 2.60. The molecule has 1 N–H and O–H groups in total. The van der Waals surface area contributed by atoms with Crippen molar-refractivity contribution in [3.8, 4) is 0 Å². The Kier molecular flexibility index (Phi) is 10.2. The van der Waals surface area contributed by atoms with Crippen LogP contribution in [0.3, 0.4) is 0 Å². The molecule has 1 aliphatic rings. The molecule has 5 nitrogen and oxygen atoms in total. The van der Waals surface area contributed by atoms with Crippen molar-refractivity contribution in [1.82, 2.24) is 0 Å². The molecule has 30 heavy (non-hydrogen) atoms. The number of hydrogen-bond donors (Lipinski definition) is 1. The second-order valence-corrected chi connectivity index (χ2v) is 9.44. The molecular formula is C24H35BrO5. The zero-order valence-corrected chi connectivity index (χ0v) is 20.8. The van der Waals surface area contributed by atoms with E-state index < -0.39 is 5.60 Å². The summed E-state index contributed by atoms with van der Waals surface area (Å²) in [6.07, 6.45) is 8.21. The Morgan fingerprint density at radius 2 is 1.57 bits per heavy atom. The van der Waals surface area contributed by atoms with Gasteiger partial charge in [0.05, 0.1) is 19.8 Å². The summed E-state index contributed by atoms with van der Waals surface area (Å²) in [6, 6.07) is 0. The van der Waals surface area contributed by atoms with E-state index in [1.807, 2.05) is 26.8 Å². The van der Waals surface area contributed by atoms with Crippen molar-refractivity contribution in [3.63, 3.8) is 0 Å². The van der Waals surface area contributed by atoms with Gasteiger partial charge in [0.25, 0.3) is 0 Å². The number of carbonyl (C=O) groups is 2. The van der Waals surface area contributed by atoms with Gasteiger partial charge >= 0.3 is 0 Å². The second kappa shape index (κ2) is 11.7. The summed E-state index contributed by atoms with van der Waals surface area (Å²) in [4.78, 5) is 25.1. The summed E-state index contributed by atoms with van der Waals surface area (Å²) < 4.78 is 10.2. The Labute approximate surface area is 189 Å². The van der Waals surface area contributed by atoms with Crippen LogP contribution in [0.4, 0.5) is 0 Å². The van der Waals surface area contributed by atoms with E-state index in [1.165, 1.54) is 19.8 Å². The highest BCUT2D eigenvalue weighted by Gasteiger charge is 2.34. The molecule has 0 heterocycles. The number of halogens is 1. The number of allylic oxidation sites excluding steroid dienone is 6. The highest BCUT2D eigenvalue weighted by molar-refractivity contribution is 9.09. The fraction of sp³-hybridized carbons (Fsp3) is 0.583. The lowest BCUT2D eigenvalue weighted by Gasteiger charge is -2.24. The number of alkyl halides is 1. The first-order chi connectivity index (χ1) is 13.9. The zero-order valence-electron chi connectivity index (χ0n) is 19.2. The highest BCUT2D eigenvalue weighted by atomic mass is 79.9. The van der Waals surface area contributed by atoms with Crippen LogP contribution in [0.25, 0.3) is 0 Å². The molecule has 0 fully saturated rings. The van der Waals surface area contributed by atoms with E-state index in [9.17, 15) is 14.7 Å². The minimum absolute atomic E-state index is 0.0242. The van der Waals surface area contributed by atoms with Gasteiger partial charge in [-0.2, -0.15) is 0 Å². The largest absolute Gasteiger partial charge is 0.489 e. The topological polar surface area (TPSA) is 72.8 Å². The van der Waals surface area contributed by atoms with Crippen LogP contribution in [-0.2, 0) is 19.1 Å². The maximum atomic E-state index is 12.7. The minimum Gasteiger partial charge on any atom is -0.489 e. The van der Waals surface area contributed by atoms with Crippen molar-refractivity contribution < 1.29 is 24.2 Å². The maximum Gasteiger partial charge on any atom is 0.228 e. The molecule has 0 aromatic heterocycles. The predicted molar refractivity (Wildman–Crippen MR) is 123 cm³/mol. The summed E-state index contributed by atoms with van der Waals surface area (Å²) in [7, 11) is 2.73. The Bertz CT molecular complexity index is 778. The molecule has 0 radical (unpaired) electrons. The van der Waals surface area contributed by atoms with Crippen molar-refractivity contribution in [3.05, 3.63) is 46.0 Å². The van der Waals surface area contributed by atoms with Crippen LogP contribution in [0, 0.1) is 0 Å². The van der Waals surface area contributed by atoms with Crippen LogP contribution in [0.15, 0.2) is 46.0 Å². The molecule has 0 saturated heterocycles. The van der Waals surface area contributed by atoms with Gasteiger partial charge in [0.1, 0.15) is 0 Å². The van der Waals surface area contributed by atoms with Gasteiger partial charge in [0.2, 0.25) is 23.1 Å². The highest BCUT2D eigenvalue weighted by Crippen LogP contribution is 2.28. The van der Waals surface area contributed by atoms with Crippen LogP contribution in [0.5, 0.6) is 0 Å². The van der Waals surface area contributed by atoms with Gasteiger partial charge in [0.15, 0.2) is 0 Å². The third-order valence-electron chi connectivity index (χ3n) is 5.34. The predicted octanol–water partition coefficient (Wildman–Crippen LogP) is 5.34. The first kappa shape index (κ1) is 26.4. The summed E-state index contributed by atoms with van der Waals surface area (Å²) in [5.74, 6) is -0.642. The molecule has 168 valence electrons. The molecule has 0 aromatic carbocycles. The number of hydrogen-bond acceptors (Lipinski definition) is 5. The molecule has 1 rings (SSSR count). The van der Waals surface area contributed by atoms with Crippen molar-refractivity contribution in [2.24, 2.45) is 0 Å². The molecule has 0 saturated carbocycles. The lowest BCUT2D eigenvalue weighted by Crippen LogP contribution is -2.31. The average molecular weight is 483 g/mol. The monoisotopic (exact) mass is 482 g/mol. The van der Waals surface area contributed by atoms with Crippen molar-refractivity contribution >= 4 is 27.5 Å². The molecule has 0 aliphatic heterocycles. The van der Waals surface area contributed by atoms with Crippen molar-refractivity contribution in [2.45, 2.75) is 77.2 Å². The van der Waals surface area contributed by atoms with E-state index in [0.29, 0.717) is 17.6 Å². The number of carbonyl (C=O) groups excluding carboxylic acids is 2. The van der Waals surface area contributed by atoms with Crippen LogP contribution in [0.1, 0.15) is 66.7 Å². The van der Waals surface area contributed by atoms with Crippen LogP contribution >= 0.6 is 15.9 Å². The van der Waals surface area contributed by atoms with Gasteiger partial charge in [-0.3, -0.25) is 9.59 Å². The third-order valence-corrected chi connectivity index (χ3v) is 6.92. The van der Waals surface area contributed by atoms with Gasteiger partial charge in [-0.25, -0.2) is 0 Å². The van der Waals surface area contributed by atoms with E-state index in [4.69, 9.17) is 9.47 Å². The zero-order chi connectivity index (χ0) is 23.1. The molecule has 0 amide bonds. The van der Waals surface area contributed by atoms with Crippen molar-refractivity contribution in [2.75, 3.05) is 14.2 Å². The van der Waals surface area contributed by atoms with Gasteiger partial charge in [-0.05, 0) is 66.7 Å². The Morgan fingerprint density at radius 3 is 2.10 bits per heavy atom. The van der Waals surface area contributed by atoms with E-state index in [1.54, 1.807) is 6.92 Å². The Balaban J connectivity index is 2.67. The van der Waals surface area contributed by atoms with Gasteiger partial charge in [-0.1, -0.05) is 39.2 Å². The van der Waals surface area contributed by atoms with E-state index in [-0.39, 0.29) is 27.9 Å². The molecule has 0 aromatic rings. The van der Waals surface area contributed by atoms with Gasteiger partial charge < -0.3 is 14.6 Å². The number of ether oxygens (including phenoxy) is 2. The Morgan fingerprint density at radius 1 is 1.03 bits per heavy atom. The quantitative estimate of drug-likeness (QED) is 0.244. The second-order valence-electron chi connectivity index (χ2n) is 8.33. The Hall–Kier alpha value is -1.66. The molecule has 6 heteroatoms. The third kappa shape index (κ3) is 7.24. The summed E-state index contributed by atoms with van der Waals surface area (Å²) in [5, 5.41) is 9.99. The molecule has 1 aliphatic carbocycles. The average Bonchev–Trinajstić information content (AvgIpc) is 2.67. The first-order valence-electron chi connectivity index (χ1n) is 10.2. The van der Waals surface area contributed by atoms with E-state index >= 15 is 0 Å². The SMILES string of the molecule is COC1=C(OC)C(=O)C(C/C=C(\C)CC/C=C(\C)CCC(Br)C(C)(C)O)=C(C)C1=O. The van der Waals surface area contributed by atoms with E-state index in [0.717, 1.165) is 31.3 Å². The fourth-order valence-electron chi connectivity index (χ4n) is 3.17. The number of rotatable bonds is 11. The lowest BCUT2D eigenvalue weighted by molar-refractivity contribution is -0.121. The summed E-state index contributed by atoms with van der Waals surface area (Å²) in [6.45, 7) is 9.41. The summed E-state index contributed by atoms with van der Waals surface area (Å²) >= 11 is 3.55. The minimum atomic E-state index is -0.730. The van der Waals surface area contributed by atoms with Gasteiger partial charge in [0, 0.05) is 16.0 Å². The number of aliphatic hydroxyl groups is 1. The number of methoxy groups -OCH3 is 2. The van der Waals surface area contributed by atoms with Crippen LogP contribution < -0.4 is 0 Å². The normalized spacial score (nSPS) is 17.6. The maximum absolute atomic E-state index is 12.7. The standard InChI is InChI=1S/C24H35BrO5/c1-15(9-8-10-16(2)12-14-19(25)24(4,5)28)11-13-18-17(3)20(26)22(29-6)23(30-7)21(18)27/h10-11,19,28H,8-9,12-14H2,1-7H3/b15-11+,16-10+. The lowest BCUT2D eigenvalue weighted by atomic mass is 9.90. The molecule has 0 spiro atoms. The van der Waals surface area contributed by atoms with E-state index in [2.05, 4.69) is 28.9 Å². The molecule has 1 unspecified atom stereocenters. The number of Topliss-reactive ketones (excluding diaryl/α,β-unsaturated/α-hetero) is 2. The van der Waals surface area contributed by atoms with Gasteiger partial charge in [-0.15, -0.1) is 0 Å².